The Bertz CT molecular complexity index is 353. The second-order valence-electron chi connectivity index (χ2n) is 4.54. The van der Waals surface area contributed by atoms with Gasteiger partial charge in [0, 0.05) is 31.1 Å². The molecule has 0 spiro atoms. The van der Waals surface area contributed by atoms with E-state index in [0.717, 1.165) is 30.5 Å². The highest BCUT2D eigenvalue weighted by Crippen LogP contribution is 2.26. The molecule has 0 aromatic carbocycles. The summed E-state index contributed by atoms with van der Waals surface area (Å²) in [7, 11) is 2.15. The lowest BCUT2D eigenvalue weighted by Crippen LogP contribution is -2.50. The van der Waals surface area contributed by atoms with Crippen molar-refractivity contribution in [2.24, 2.45) is 0 Å². The first kappa shape index (κ1) is 11.8. The van der Waals surface area contributed by atoms with Crippen molar-refractivity contribution in [2.45, 2.75) is 26.0 Å². The second-order valence-corrected chi connectivity index (χ2v) is 5.37. The van der Waals surface area contributed by atoms with Gasteiger partial charge in [0.25, 0.3) is 0 Å². The number of hydrogen-bond acceptors (Lipinski definition) is 5. The SMILES string of the molecule is CC(O)c1csc(N2CCN(C)CC2C)n1. The third-order valence-corrected chi connectivity index (χ3v) is 3.91. The van der Waals surface area contributed by atoms with Gasteiger partial charge in [-0.25, -0.2) is 4.98 Å². The van der Waals surface area contributed by atoms with E-state index in [1.54, 1.807) is 18.3 Å². The van der Waals surface area contributed by atoms with Crippen molar-refractivity contribution in [3.63, 3.8) is 0 Å². The number of nitrogens with zero attached hydrogens (tertiary/aromatic N) is 3. The van der Waals surface area contributed by atoms with Crippen LogP contribution in [0.2, 0.25) is 0 Å². The van der Waals surface area contributed by atoms with E-state index in [4.69, 9.17) is 0 Å². The molecule has 1 aliphatic heterocycles. The molecule has 16 heavy (non-hydrogen) atoms. The zero-order valence-corrected chi connectivity index (χ0v) is 10.9. The number of aliphatic hydroxyl groups is 1. The molecule has 5 heteroatoms. The number of likely N-dealkylation sites (N-methyl/N-ethyl adjacent to an activating group) is 1. The molecule has 0 aliphatic carbocycles. The molecule has 1 N–H and O–H groups in total. The van der Waals surface area contributed by atoms with Gasteiger partial charge in [-0.3, -0.25) is 0 Å². The average molecular weight is 241 g/mol. The van der Waals surface area contributed by atoms with Crippen LogP contribution >= 0.6 is 11.3 Å². The average Bonchev–Trinajstić information content (AvgIpc) is 2.66. The van der Waals surface area contributed by atoms with Crippen molar-refractivity contribution >= 4 is 16.5 Å². The fourth-order valence-corrected chi connectivity index (χ4v) is 3.06. The molecule has 1 fully saturated rings. The number of piperazine rings is 1. The van der Waals surface area contributed by atoms with Crippen LogP contribution < -0.4 is 4.90 Å². The van der Waals surface area contributed by atoms with Gasteiger partial charge in [-0.05, 0) is 20.9 Å². The Morgan fingerprint density at radius 1 is 1.56 bits per heavy atom. The van der Waals surface area contributed by atoms with E-state index in [0.29, 0.717) is 6.04 Å². The molecule has 0 bridgehead atoms. The van der Waals surface area contributed by atoms with Crippen LogP contribution in [0.5, 0.6) is 0 Å². The molecular formula is C11H19N3OS. The van der Waals surface area contributed by atoms with Crippen molar-refractivity contribution in [3.05, 3.63) is 11.1 Å². The van der Waals surface area contributed by atoms with Crippen LogP contribution in [0.4, 0.5) is 5.13 Å². The molecule has 1 aliphatic rings. The maximum atomic E-state index is 9.46. The fourth-order valence-electron chi connectivity index (χ4n) is 2.02. The fraction of sp³-hybridized carbons (Fsp3) is 0.727. The maximum Gasteiger partial charge on any atom is 0.185 e. The summed E-state index contributed by atoms with van der Waals surface area (Å²) in [5, 5.41) is 12.4. The molecular weight excluding hydrogens is 222 g/mol. The molecule has 2 atom stereocenters. The minimum atomic E-state index is -0.465. The molecule has 2 heterocycles. The molecule has 1 saturated heterocycles. The highest BCUT2D eigenvalue weighted by Gasteiger charge is 2.24. The topological polar surface area (TPSA) is 39.6 Å². The van der Waals surface area contributed by atoms with Crippen molar-refractivity contribution in [1.82, 2.24) is 9.88 Å². The number of thiazole rings is 1. The van der Waals surface area contributed by atoms with Gasteiger partial charge in [-0.15, -0.1) is 11.3 Å². The largest absolute Gasteiger partial charge is 0.387 e. The first-order chi connectivity index (χ1) is 7.58. The quantitative estimate of drug-likeness (QED) is 0.848. The lowest BCUT2D eigenvalue weighted by Gasteiger charge is -2.38. The van der Waals surface area contributed by atoms with Crippen LogP contribution in [0.1, 0.15) is 25.6 Å². The molecule has 2 rings (SSSR count). The van der Waals surface area contributed by atoms with Crippen molar-refractivity contribution in [2.75, 3.05) is 31.6 Å². The van der Waals surface area contributed by atoms with E-state index in [1.165, 1.54) is 0 Å². The minimum absolute atomic E-state index is 0.465. The number of aliphatic hydroxyl groups excluding tert-OH is 1. The monoisotopic (exact) mass is 241 g/mol. The van der Waals surface area contributed by atoms with Gasteiger partial charge < -0.3 is 14.9 Å². The summed E-state index contributed by atoms with van der Waals surface area (Å²) in [6, 6.07) is 0.492. The van der Waals surface area contributed by atoms with Crippen LogP contribution in [0.25, 0.3) is 0 Å². The summed E-state index contributed by atoms with van der Waals surface area (Å²) in [5.74, 6) is 0. The Morgan fingerprint density at radius 2 is 2.31 bits per heavy atom. The lowest BCUT2D eigenvalue weighted by molar-refractivity contribution is 0.195. The highest BCUT2D eigenvalue weighted by atomic mass is 32.1. The van der Waals surface area contributed by atoms with Crippen molar-refractivity contribution in [1.29, 1.82) is 0 Å². The minimum Gasteiger partial charge on any atom is -0.387 e. The van der Waals surface area contributed by atoms with Crippen LogP contribution in [-0.4, -0.2) is 47.7 Å². The van der Waals surface area contributed by atoms with E-state index >= 15 is 0 Å². The molecule has 0 radical (unpaired) electrons. The van der Waals surface area contributed by atoms with E-state index < -0.39 is 6.10 Å². The number of anilines is 1. The molecule has 1 aromatic heterocycles. The van der Waals surface area contributed by atoms with E-state index in [2.05, 4.69) is 28.8 Å². The van der Waals surface area contributed by atoms with Crippen LogP contribution in [-0.2, 0) is 0 Å². The highest BCUT2D eigenvalue weighted by molar-refractivity contribution is 7.13. The normalized spacial score (nSPS) is 24.8. The number of hydrogen-bond donors (Lipinski definition) is 1. The molecule has 1 aromatic rings. The number of rotatable bonds is 2. The summed E-state index contributed by atoms with van der Waals surface area (Å²) in [5.41, 5.74) is 0.783. The first-order valence-corrected chi connectivity index (χ1v) is 6.54. The third kappa shape index (κ3) is 2.36. The molecule has 90 valence electrons. The van der Waals surface area contributed by atoms with Gasteiger partial charge in [0.15, 0.2) is 5.13 Å². The summed E-state index contributed by atoms with van der Waals surface area (Å²) in [4.78, 5) is 9.15. The summed E-state index contributed by atoms with van der Waals surface area (Å²) < 4.78 is 0. The van der Waals surface area contributed by atoms with Gasteiger partial charge in [0.1, 0.15) is 0 Å². The predicted octanol–water partition coefficient (Wildman–Crippen LogP) is 1.34. The standard InChI is InChI=1S/C11H19N3OS/c1-8-6-13(3)4-5-14(8)11-12-10(7-16-11)9(2)15/h7-9,15H,4-6H2,1-3H3. The third-order valence-electron chi connectivity index (χ3n) is 3.01. The summed E-state index contributed by atoms with van der Waals surface area (Å²) in [6.45, 7) is 7.15. The number of aromatic nitrogens is 1. The Hall–Kier alpha value is -0.650. The van der Waals surface area contributed by atoms with Crippen LogP contribution in [0, 0.1) is 0 Å². The van der Waals surface area contributed by atoms with Gasteiger partial charge in [0.05, 0.1) is 11.8 Å². The van der Waals surface area contributed by atoms with E-state index in [-0.39, 0.29) is 0 Å². The van der Waals surface area contributed by atoms with Crippen molar-refractivity contribution in [3.8, 4) is 0 Å². The van der Waals surface area contributed by atoms with Gasteiger partial charge >= 0.3 is 0 Å². The van der Waals surface area contributed by atoms with Crippen LogP contribution in [0.3, 0.4) is 0 Å². The lowest BCUT2D eigenvalue weighted by atomic mass is 10.2. The Labute approximate surface area is 101 Å². The molecule has 2 unspecified atom stereocenters. The summed E-state index contributed by atoms with van der Waals surface area (Å²) in [6.07, 6.45) is -0.465. The zero-order valence-electron chi connectivity index (χ0n) is 10.1. The summed E-state index contributed by atoms with van der Waals surface area (Å²) >= 11 is 1.63. The molecule has 0 amide bonds. The van der Waals surface area contributed by atoms with E-state index in [1.807, 2.05) is 5.38 Å². The van der Waals surface area contributed by atoms with Crippen LogP contribution in [0.15, 0.2) is 5.38 Å². The van der Waals surface area contributed by atoms with Gasteiger partial charge in [-0.2, -0.15) is 0 Å². The molecule has 0 saturated carbocycles. The van der Waals surface area contributed by atoms with Gasteiger partial charge in [0.2, 0.25) is 0 Å². The predicted molar refractivity (Wildman–Crippen MR) is 67.1 cm³/mol. The van der Waals surface area contributed by atoms with E-state index in [9.17, 15) is 5.11 Å². The molecule has 4 nitrogen and oxygen atoms in total. The Kier molecular flexibility index (Phi) is 3.47. The van der Waals surface area contributed by atoms with Crippen molar-refractivity contribution < 1.29 is 5.11 Å². The smallest absolute Gasteiger partial charge is 0.185 e. The second kappa shape index (κ2) is 4.69. The zero-order chi connectivity index (χ0) is 11.7. The Morgan fingerprint density at radius 3 is 2.88 bits per heavy atom. The van der Waals surface area contributed by atoms with Gasteiger partial charge in [-0.1, -0.05) is 0 Å². The maximum absolute atomic E-state index is 9.46. The Balaban J connectivity index is 2.11. The first-order valence-electron chi connectivity index (χ1n) is 5.66.